The summed E-state index contributed by atoms with van der Waals surface area (Å²) in [6, 6.07) is 6.11. The number of fused-ring (bicyclic) bond motifs is 2. The summed E-state index contributed by atoms with van der Waals surface area (Å²) in [5.74, 6) is -3.97. The van der Waals surface area contributed by atoms with Gasteiger partial charge in [-0.15, -0.1) is 0 Å². The minimum Gasteiger partial charge on any atom is -0.508 e. The zero-order valence-electron chi connectivity index (χ0n) is 23.6. The summed E-state index contributed by atoms with van der Waals surface area (Å²) in [7, 11) is 1.18. The van der Waals surface area contributed by atoms with Gasteiger partial charge in [0.2, 0.25) is 6.29 Å². The van der Waals surface area contributed by atoms with Crippen molar-refractivity contribution in [3.8, 4) is 5.75 Å². The van der Waals surface area contributed by atoms with Crippen LogP contribution in [0.15, 0.2) is 66.0 Å². The number of hydrogen-bond acceptors (Lipinski definition) is 14. The second kappa shape index (κ2) is 12.5. The van der Waals surface area contributed by atoms with E-state index in [1.165, 1.54) is 44.4 Å². The van der Waals surface area contributed by atoms with Crippen molar-refractivity contribution in [3.63, 3.8) is 0 Å². The van der Waals surface area contributed by atoms with Crippen LogP contribution >= 0.6 is 0 Å². The predicted octanol–water partition coefficient (Wildman–Crippen LogP) is -0.409. The van der Waals surface area contributed by atoms with E-state index >= 15 is 0 Å². The highest BCUT2D eigenvalue weighted by Gasteiger charge is 2.60. The van der Waals surface area contributed by atoms with E-state index in [4.69, 9.17) is 28.4 Å². The van der Waals surface area contributed by atoms with Crippen molar-refractivity contribution >= 4 is 24.0 Å². The van der Waals surface area contributed by atoms with Gasteiger partial charge >= 0.3 is 17.9 Å². The maximum atomic E-state index is 13.1. The van der Waals surface area contributed by atoms with Gasteiger partial charge in [-0.05, 0) is 42.8 Å². The molecule has 1 fully saturated rings. The molecule has 5 N–H and O–H groups in total. The Bertz CT molecular complexity index is 1390. The van der Waals surface area contributed by atoms with E-state index in [1.807, 2.05) is 0 Å². The summed E-state index contributed by atoms with van der Waals surface area (Å²) < 4.78 is 33.2. The van der Waals surface area contributed by atoms with Gasteiger partial charge in [0, 0.05) is 12.0 Å². The van der Waals surface area contributed by atoms with Gasteiger partial charge in [0.05, 0.1) is 37.0 Å². The van der Waals surface area contributed by atoms with Gasteiger partial charge in [-0.3, -0.25) is 0 Å². The quantitative estimate of drug-likeness (QED) is 0.109. The van der Waals surface area contributed by atoms with Crippen molar-refractivity contribution in [1.82, 2.24) is 0 Å². The van der Waals surface area contributed by atoms with Crippen LogP contribution < -0.4 is 0 Å². The van der Waals surface area contributed by atoms with E-state index in [-0.39, 0.29) is 16.9 Å². The molecule has 0 aromatic heterocycles. The Balaban J connectivity index is 1.39. The number of phenols is 1. The molecule has 0 saturated carbocycles. The smallest absolute Gasteiger partial charge is 0.338 e. The molecule has 1 aromatic rings. The van der Waals surface area contributed by atoms with Gasteiger partial charge in [0.15, 0.2) is 11.9 Å². The third kappa shape index (κ3) is 5.87. The van der Waals surface area contributed by atoms with E-state index in [1.54, 1.807) is 18.2 Å². The lowest BCUT2D eigenvalue weighted by Gasteiger charge is -2.44. The molecule has 44 heavy (non-hydrogen) atoms. The largest absolute Gasteiger partial charge is 0.508 e. The summed E-state index contributed by atoms with van der Waals surface area (Å²) >= 11 is 0. The first-order chi connectivity index (χ1) is 21.0. The standard InChI is InChI=1S/C30H32O14/c1-14(41-21(33)8-5-15-3-6-16(32)7-4-15)18-11-30(44-27(18)38)10-9-17-19(26(37)39-2)13-40-28(22(17)30)43-29-25(36)24(35)23(34)20(12-31)42-29/h3-11,13-14,17,20,22-25,28-29,31-32,34-36H,12H2,1-2H3/t14?,17-,20+,22?,23+,24-,25+,28+,29-,30-/m0/s1. The molecule has 1 spiro atoms. The highest BCUT2D eigenvalue weighted by molar-refractivity contribution is 5.95. The highest BCUT2D eigenvalue weighted by atomic mass is 16.8. The van der Waals surface area contributed by atoms with Crippen LogP contribution in [0.3, 0.4) is 0 Å². The number of aliphatic hydroxyl groups is 4. The Morgan fingerprint density at radius 3 is 2.50 bits per heavy atom. The second-order valence-electron chi connectivity index (χ2n) is 10.7. The minimum absolute atomic E-state index is 0.00226. The van der Waals surface area contributed by atoms with Crippen molar-refractivity contribution in [1.29, 1.82) is 0 Å². The lowest BCUT2D eigenvalue weighted by atomic mass is 9.78. The molecule has 236 valence electrons. The molecule has 1 aromatic carbocycles. The fraction of sp³-hybridized carbons (Fsp3) is 0.433. The first kappa shape index (κ1) is 31.4. The second-order valence-corrected chi connectivity index (χ2v) is 10.7. The van der Waals surface area contributed by atoms with Crippen LogP contribution in [0.25, 0.3) is 6.08 Å². The minimum atomic E-state index is -1.75. The molecule has 1 saturated heterocycles. The molecular weight excluding hydrogens is 584 g/mol. The SMILES string of the molecule is COC(=O)C1=CO[C@H](O[C@@H]2O[C@H](CO)[C@@H](O)[C@H](O)[C@H]2O)C2[C@H]1C=C[C@]21C=C(C(C)OC(=O)C=Cc2ccc(O)cc2)C(=O)O1. The number of phenolic OH excluding ortho intramolecular Hbond substituents is 1. The van der Waals surface area contributed by atoms with Gasteiger partial charge in [0.25, 0.3) is 0 Å². The number of hydrogen-bond donors (Lipinski definition) is 5. The Kier molecular flexibility index (Phi) is 8.92. The van der Waals surface area contributed by atoms with E-state index in [0.29, 0.717) is 5.56 Å². The first-order valence-corrected chi connectivity index (χ1v) is 13.7. The Morgan fingerprint density at radius 2 is 1.82 bits per heavy atom. The number of aromatic hydroxyl groups is 1. The monoisotopic (exact) mass is 616 g/mol. The average Bonchev–Trinajstić information content (AvgIpc) is 3.56. The highest BCUT2D eigenvalue weighted by Crippen LogP contribution is 2.51. The van der Waals surface area contributed by atoms with Gasteiger partial charge in [0.1, 0.15) is 36.3 Å². The predicted molar refractivity (Wildman–Crippen MR) is 146 cm³/mol. The molecular formula is C30H32O14. The molecule has 10 atom stereocenters. The number of methoxy groups -OCH3 is 1. The number of ether oxygens (including phenoxy) is 6. The van der Waals surface area contributed by atoms with E-state index in [0.717, 1.165) is 12.3 Å². The van der Waals surface area contributed by atoms with Crippen LogP contribution in [0.5, 0.6) is 5.75 Å². The third-order valence-electron chi connectivity index (χ3n) is 7.91. The van der Waals surface area contributed by atoms with Gasteiger partial charge in [-0.2, -0.15) is 0 Å². The van der Waals surface area contributed by atoms with Crippen LogP contribution in [-0.4, -0.2) is 106 Å². The van der Waals surface area contributed by atoms with E-state index in [2.05, 4.69) is 0 Å². The van der Waals surface area contributed by atoms with E-state index < -0.39 is 85.1 Å². The fourth-order valence-electron chi connectivity index (χ4n) is 5.59. The van der Waals surface area contributed by atoms with Gasteiger partial charge in [-0.1, -0.05) is 18.2 Å². The molecule has 4 aliphatic rings. The Hall–Kier alpha value is -4.05. The van der Waals surface area contributed by atoms with Crippen molar-refractivity contribution in [2.45, 2.75) is 55.6 Å². The third-order valence-corrected chi connectivity index (χ3v) is 7.91. The fourth-order valence-corrected chi connectivity index (χ4v) is 5.59. The molecule has 0 bridgehead atoms. The summed E-state index contributed by atoms with van der Waals surface area (Å²) in [5.41, 5.74) is -0.852. The van der Waals surface area contributed by atoms with Crippen molar-refractivity contribution < 1.29 is 68.3 Å². The molecule has 0 radical (unpaired) electrons. The number of aliphatic hydroxyl groups excluding tert-OH is 4. The molecule has 14 nitrogen and oxygen atoms in total. The Labute approximate surface area is 251 Å². The zero-order valence-corrected chi connectivity index (χ0v) is 23.6. The maximum absolute atomic E-state index is 13.1. The normalized spacial score (nSPS) is 35.0. The van der Waals surface area contributed by atoms with Crippen molar-refractivity contribution in [2.24, 2.45) is 11.8 Å². The van der Waals surface area contributed by atoms with Crippen LogP contribution in [0.4, 0.5) is 0 Å². The summed E-state index contributed by atoms with van der Waals surface area (Å²) in [4.78, 5) is 38.2. The first-order valence-electron chi connectivity index (χ1n) is 13.7. The molecule has 14 heteroatoms. The Morgan fingerprint density at radius 1 is 1.09 bits per heavy atom. The topological polar surface area (TPSA) is 208 Å². The molecule has 5 rings (SSSR count). The molecule has 2 unspecified atom stereocenters. The van der Waals surface area contributed by atoms with Crippen molar-refractivity contribution in [2.75, 3.05) is 13.7 Å². The number of allylic oxidation sites excluding steroid dienone is 1. The maximum Gasteiger partial charge on any atom is 0.338 e. The molecule has 3 heterocycles. The van der Waals surface area contributed by atoms with Crippen molar-refractivity contribution in [3.05, 3.63) is 71.5 Å². The summed E-state index contributed by atoms with van der Waals surface area (Å²) in [6.45, 7) is 0.790. The van der Waals surface area contributed by atoms with Gasteiger partial charge in [-0.25, -0.2) is 14.4 Å². The van der Waals surface area contributed by atoms with Crippen LogP contribution in [0.2, 0.25) is 0 Å². The van der Waals surface area contributed by atoms with Gasteiger partial charge < -0.3 is 54.0 Å². The number of rotatable bonds is 8. The molecule has 0 amide bonds. The molecule has 3 aliphatic heterocycles. The zero-order chi connectivity index (χ0) is 31.8. The number of benzene rings is 1. The van der Waals surface area contributed by atoms with Crippen LogP contribution in [-0.2, 0) is 42.8 Å². The lowest BCUT2D eigenvalue weighted by Crippen LogP contribution is -2.60. The van der Waals surface area contributed by atoms with Crippen LogP contribution in [0.1, 0.15) is 12.5 Å². The molecule has 1 aliphatic carbocycles. The number of esters is 3. The summed E-state index contributed by atoms with van der Waals surface area (Å²) in [6.07, 6.45) is -2.06. The number of carbonyl (C=O) groups excluding carboxylic acids is 3. The lowest BCUT2D eigenvalue weighted by molar-refractivity contribution is -0.344. The van der Waals surface area contributed by atoms with Crippen LogP contribution in [0, 0.1) is 11.8 Å². The average molecular weight is 617 g/mol. The van der Waals surface area contributed by atoms with E-state index in [9.17, 15) is 39.9 Å². The number of carbonyl (C=O) groups is 3. The summed E-state index contributed by atoms with van der Waals surface area (Å²) in [5, 5.41) is 49.8.